The zero-order chi connectivity index (χ0) is 18.5. The highest BCUT2D eigenvalue weighted by Gasteiger charge is 2.10. The van der Waals surface area contributed by atoms with Crippen LogP contribution in [0.3, 0.4) is 0 Å². The molecule has 0 aliphatic rings. The molecule has 0 saturated heterocycles. The second-order valence-corrected chi connectivity index (χ2v) is 6.73. The van der Waals surface area contributed by atoms with Gasteiger partial charge in [-0.1, -0.05) is 23.4 Å². The van der Waals surface area contributed by atoms with Crippen molar-refractivity contribution in [3.8, 4) is 28.7 Å². The standard InChI is InChI=1S/C20H17N3O3S/c1-24-17-9-7-15(8-10-17)20-22-18(23-26-20)13-27-12-16-11-25-19(21-16)14-5-3-2-4-6-14/h2-11H,12-13H2,1H3. The Bertz CT molecular complexity index is 997. The van der Waals surface area contributed by atoms with Crippen LogP contribution in [0.25, 0.3) is 22.9 Å². The lowest BCUT2D eigenvalue weighted by Crippen LogP contribution is -1.87. The minimum absolute atomic E-state index is 0.501. The summed E-state index contributed by atoms with van der Waals surface area (Å²) in [6.07, 6.45) is 1.69. The Labute approximate surface area is 160 Å². The quantitative estimate of drug-likeness (QED) is 0.455. The average Bonchev–Trinajstić information content (AvgIpc) is 3.39. The summed E-state index contributed by atoms with van der Waals surface area (Å²) in [6, 6.07) is 17.4. The van der Waals surface area contributed by atoms with Crippen molar-refractivity contribution >= 4 is 11.8 Å². The molecule has 4 rings (SSSR count). The molecule has 0 aliphatic heterocycles. The number of methoxy groups -OCH3 is 1. The van der Waals surface area contributed by atoms with Crippen molar-refractivity contribution in [2.45, 2.75) is 11.5 Å². The molecule has 0 radical (unpaired) electrons. The third-order valence-corrected chi connectivity index (χ3v) is 4.82. The topological polar surface area (TPSA) is 74.2 Å². The first-order chi connectivity index (χ1) is 13.3. The first-order valence-electron chi connectivity index (χ1n) is 8.36. The number of ether oxygens (including phenoxy) is 1. The number of rotatable bonds is 7. The van der Waals surface area contributed by atoms with E-state index >= 15 is 0 Å². The zero-order valence-corrected chi connectivity index (χ0v) is 15.5. The lowest BCUT2D eigenvalue weighted by molar-refractivity contribution is 0.414. The molecule has 0 bridgehead atoms. The van der Waals surface area contributed by atoms with Crippen LogP contribution in [-0.2, 0) is 11.5 Å². The molecular formula is C20H17N3O3S. The highest BCUT2D eigenvalue weighted by molar-refractivity contribution is 7.97. The van der Waals surface area contributed by atoms with Crippen LogP contribution in [-0.4, -0.2) is 22.2 Å². The largest absolute Gasteiger partial charge is 0.497 e. The van der Waals surface area contributed by atoms with Crippen LogP contribution in [0.2, 0.25) is 0 Å². The third-order valence-electron chi connectivity index (χ3n) is 3.86. The van der Waals surface area contributed by atoms with Gasteiger partial charge in [-0.05, 0) is 36.4 Å². The molecule has 27 heavy (non-hydrogen) atoms. The van der Waals surface area contributed by atoms with E-state index in [0.29, 0.717) is 29.1 Å². The number of hydrogen-bond acceptors (Lipinski definition) is 7. The predicted molar refractivity (Wildman–Crippen MR) is 103 cm³/mol. The molecule has 0 saturated carbocycles. The van der Waals surface area contributed by atoms with Gasteiger partial charge in [0.05, 0.1) is 18.6 Å². The number of aromatic nitrogens is 3. The van der Waals surface area contributed by atoms with Crippen LogP contribution < -0.4 is 4.74 Å². The fourth-order valence-corrected chi connectivity index (χ4v) is 3.24. The van der Waals surface area contributed by atoms with E-state index in [9.17, 15) is 0 Å². The Morgan fingerprint density at radius 1 is 0.889 bits per heavy atom. The van der Waals surface area contributed by atoms with Gasteiger partial charge in [-0.25, -0.2) is 4.98 Å². The van der Waals surface area contributed by atoms with Crippen molar-refractivity contribution in [2.75, 3.05) is 7.11 Å². The Balaban J connectivity index is 1.33. The van der Waals surface area contributed by atoms with Crippen molar-refractivity contribution in [1.82, 2.24) is 15.1 Å². The summed E-state index contributed by atoms with van der Waals surface area (Å²) in [5, 5.41) is 4.04. The highest BCUT2D eigenvalue weighted by atomic mass is 32.2. The van der Waals surface area contributed by atoms with E-state index in [1.807, 2.05) is 54.6 Å². The van der Waals surface area contributed by atoms with Crippen molar-refractivity contribution in [2.24, 2.45) is 0 Å². The van der Waals surface area contributed by atoms with E-state index in [0.717, 1.165) is 22.6 Å². The first kappa shape index (κ1) is 17.4. The fourth-order valence-electron chi connectivity index (χ4n) is 2.50. The summed E-state index contributed by atoms with van der Waals surface area (Å²) in [4.78, 5) is 8.95. The number of thioether (sulfide) groups is 1. The Morgan fingerprint density at radius 3 is 2.44 bits per heavy atom. The van der Waals surface area contributed by atoms with Crippen LogP contribution in [0.15, 0.2) is 69.8 Å². The molecular weight excluding hydrogens is 362 g/mol. The van der Waals surface area contributed by atoms with Gasteiger partial charge in [-0.2, -0.15) is 4.98 Å². The van der Waals surface area contributed by atoms with Gasteiger partial charge in [-0.3, -0.25) is 0 Å². The van der Waals surface area contributed by atoms with E-state index in [2.05, 4.69) is 15.1 Å². The van der Waals surface area contributed by atoms with Gasteiger partial charge in [0, 0.05) is 16.9 Å². The minimum Gasteiger partial charge on any atom is -0.497 e. The van der Waals surface area contributed by atoms with Crippen molar-refractivity contribution in [3.05, 3.63) is 72.4 Å². The number of benzene rings is 2. The van der Waals surface area contributed by atoms with E-state index < -0.39 is 0 Å². The van der Waals surface area contributed by atoms with Gasteiger partial charge in [0.15, 0.2) is 5.82 Å². The highest BCUT2D eigenvalue weighted by Crippen LogP contribution is 2.24. The van der Waals surface area contributed by atoms with Crippen molar-refractivity contribution < 1.29 is 13.7 Å². The van der Waals surface area contributed by atoms with Gasteiger partial charge in [-0.15, -0.1) is 11.8 Å². The fraction of sp³-hybridized carbons (Fsp3) is 0.150. The maximum absolute atomic E-state index is 5.55. The molecule has 0 fully saturated rings. The molecule has 0 aliphatic carbocycles. The van der Waals surface area contributed by atoms with Crippen LogP contribution in [0, 0.1) is 0 Å². The third kappa shape index (κ3) is 4.20. The van der Waals surface area contributed by atoms with Gasteiger partial charge in [0.25, 0.3) is 5.89 Å². The van der Waals surface area contributed by atoms with Crippen LogP contribution in [0.4, 0.5) is 0 Å². The molecule has 0 spiro atoms. The molecule has 2 aromatic heterocycles. The smallest absolute Gasteiger partial charge is 0.257 e. The van der Waals surface area contributed by atoms with Gasteiger partial charge in [0.2, 0.25) is 5.89 Å². The van der Waals surface area contributed by atoms with Crippen LogP contribution in [0.5, 0.6) is 5.75 Å². The molecule has 0 N–H and O–H groups in total. The Kier molecular flexibility index (Phi) is 5.20. The van der Waals surface area contributed by atoms with Gasteiger partial charge in [0.1, 0.15) is 12.0 Å². The normalized spacial score (nSPS) is 10.9. The number of nitrogens with zero attached hydrogens (tertiary/aromatic N) is 3. The summed E-state index contributed by atoms with van der Waals surface area (Å²) < 4.78 is 16.0. The summed E-state index contributed by atoms with van der Waals surface area (Å²) in [5.74, 6) is 3.92. The lowest BCUT2D eigenvalue weighted by atomic mass is 10.2. The van der Waals surface area contributed by atoms with Gasteiger partial charge < -0.3 is 13.7 Å². The van der Waals surface area contributed by atoms with E-state index in [1.165, 1.54) is 0 Å². The zero-order valence-electron chi connectivity index (χ0n) is 14.7. The maximum atomic E-state index is 5.55. The molecule has 0 unspecified atom stereocenters. The Hall–Kier alpha value is -3.06. The summed E-state index contributed by atoms with van der Waals surface area (Å²) in [5.41, 5.74) is 2.72. The molecule has 6 nitrogen and oxygen atoms in total. The average molecular weight is 379 g/mol. The second kappa shape index (κ2) is 8.09. The molecule has 136 valence electrons. The molecule has 0 amide bonds. The summed E-state index contributed by atoms with van der Waals surface area (Å²) >= 11 is 1.66. The van der Waals surface area contributed by atoms with E-state index in [4.69, 9.17) is 13.7 Å². The van der Waals surface area contributed by atoms with Gasteiger partial charge >= 0.3 is 0 Å². The lowest BCUT2D eigenvalue weighted by Gasteiger charge is -1.98. The summed E-state index contributed by atoms with van der Waals surface area (Å²) in [6.45, 7) is 0. The van der Waals surface area contributed by atoms with Crippen molar-refractivity contribution in [1.29, 1.82) is 0 Å². The van der Waals surface area contributed by atoms with Crippen LogP contribution >= 0.6 is 11.8 Å². The molecule has 7 heteroatoms. The second-order valence-electron chi connectivity index (χ2n) is 5.75. The monoisotopic (exact) mass is 379 g/mol. The Morgan fingerprint density at radius 2 is 1.67 bits per heavy atom. The maximum Gasteiger partial charge on any atom is 0.257 e. The predicted octanol–water partition coefficient (Wildman–Crippen LogP) is 4.83. The number of hydrogen-bond donors (Lipinski definition) is 0. The summed E-state index contributed by atoms with van der Waals surface area (Å²) in [7, 11) is 1.63. The number of oxazole rings is 1. The first-order valence-corrected chi connectivity index (χ1v) is 9.52. The molecule has 2 aromatic carbocycles. The van der Waals surface area contributed by atoms with E-state index in [1.54, 1.807) is 25.1 Å². The molecule has 4 aromatic rings. The van der Waals surface area contributed by atoms with Crippen LogP contribution in [0.1, 0.15) is 11.5 Å². The van der Waals surface area contributed by atoms with Crippen molar-refractivity contribution in [3.63, 3.8) is 0 Å². The SMILES string of the molecule is COc1ccc(-c2nc(CSCc3coc(-c4ccccc4)n3)no2)cc1. The molecule has 2 heterocycles. The minimum atomic E-state index is 0.501. The van der Waals surface area contributed by atoms with E-state index in [-0.39, 0.29) is 0 Å². The molecule has 0 atom stereocenters.